The molecular weight excluding hydrogens is 324 g/mol. The Balaban J connectivity index is 1.72. The molecule has 1 aromatic carbocycles. The van der Waals surface area contributed by atoms with Crippen LogP contribution < -0.4 is 4.74 Å². The standard InChI is InChI=1S/C21H26N4O/c1-24(15-19-11-16(12-22)6-7-20(19)26-3)14-18-8-10-25(2)21(18)17-5-4-9-23-13-17/h4-7,9,11,13,18,21H,8,10,14-15H2,1-3H3/t18-,21-/m0/s1. The van der Waals surface area contributed by atoms with Crippen LogP contribution in [0.15, 0.2) is 42.7 Å². The zero-order valence-corrected chi connectivity index (χ0v) is 15.7. The second kappa shape index (κ2) is 8.31. The first-order valence-corrected chi connectivity index (χ1v) is 8.98. The van der Waals surface area contributed by atoms with Gasteiger partial charge in [-0.1, -0.05) is 6.07 Å². The molecule has 5 nitrogen and oxygen atoms in total. The number of methoxy groups -OCH3 is 1. The lowest BCUT2D eigenvalue weighted by atomic mass is 9.94. The number of hydrogen-bond donors (Lipinski definition) is 0. The molecule has 0 unspecified atom stereocenters. The van der Waals surface area contributed by atoms with Crippen molar-refractivity contribution in [3.63, 3.8) is 0 Å². The number of pyridine rings is 1. The quantitative estimate of drug-likeness (QED) is 0.801. The van der Waals surface area contributed by atoms with E-state index in [-0.39, 0.29) is 0 Å². The molecule has 0 aliphatic carbocycles. The summed E-state index contributed by atoms with van der Waals surface area (Å²) in [4.78, 5) is 9.05. The molecule has 136 valence electrons. The number of aromatic nitrogens is 1. The zero-order chi connectivity index (χ0) is 18.5. The number of ether oxygens (including phenoxy) is 1. The molecule has 1 fully saturated rings. The van der Waals surface area contributed by atoms with E-state index < -0.39 is 0 Å². The molecule has 0 amide bonds. The largest absolute Gasteiger partial charge is 0.496 e. The van der Waals surface area contributed by atoms with Crippen LogP contribution in [0.3, 0.4) is 0 Å². The minimum atomic E-state index is 0.401. The van der Waals surface area contributed by atoms with Crippen LogP contribution in [0.2, 0.25) is 0 Å². The van der Waals surface area contributed by atoms with Gasteiger partial charge in [-0.3, -0.25) is 9.88 Å². The van der Waals surface area contributed by atoms with Crippen molar-refractivity contribution in [2.24, 2.45) is 5.92 Å². The molecule has 1 aliphatic heterocycles. The van der Waals surface area contributed by atoms with E-state index in [1.165, 1.54) is 12.0 Å². The van der Waals surface area contributed by atoms with Crippen molar-refractivity contribution >= 4 is 0 Å². The molecule has 0 saturated carbocycles. The normalized spacial score (nSPS) is 20.3. The minimum absolute atomic E-state index is 0.401. The van der Waals surface area contributed by atoms with Gasteiger partial charge in [-0.2, -0.15) is 5.26 Å². The van der Waals surface area contributed by atoms with E-state index in [0.717, 1.165) is 30.9 Å². The summed E-state index contributed by atoms with van der Waals surface area (Å²) in [5.41, 5.74) is 3.01. The van der Waals surface area contributed by atoms with E-state index in [1.54, 1.807) is 13.2 Å². The second-order valence-corrected chi connectivity index (χ2v) is 7.10. The summed E-state index contributed by atoms with van der Waals surface area (Å²) in [5, 5.41) is 9.16. The molecule has 2 atom stereocenters. The third-order valence-electron chi connectivity index (χ3n) is 5.20. The van der Waals surface area contributed by atoms with Crippen molar-refractivity contribution in [2.75, 3.05) is 34.3 Å². The molecule has 0 radical (unpaired) electrons. The Labute approximate surface area is 155 Å². The minimum Gasteiger partial charge on any atom is -0.496 e. The van der Waals surface area contributed by atoms with Crippen LogP contribution in [0.4, 0.5) is 0 Å². The SMILES string of the molecule is COc1ccc(C#N)cc1CN(C)C[C@@H]1CCN(C)[C@H]1c1cccnc1. The average molecular weight is 350 g/mol. The molecule has 5 heteroatoms. The summed E-state index contributed by atoms with van der Waals surface area (Å²) in [6.07, 6.45) is 4.99. The van der Waals surface area contributed by atoms with Crippen molar-refractivity contribution in [3.05, 3.63) is 59.4 Å². The molecule has 0 bridgehead atoms. The summed E-state index contributed by atoms with van der Waals surface area (Å²) in [5.74, 6) is 1.39. The first-order valence-electron chi connectivity index (χ1n) is 8.98. The van der Waals surface area contributed by atoms with Crippen LogP contribution in [-0.4, -0.2) is 49.1 Å². The molecule has 3 rings (SSSR count). The van der Waals surface area contributed by atoms with Gasteiger partial charge in [-0.25, -0.2) is 0 Å². The van der Waals surface area contributed by atoms with Crippen molar-refractivity contribution in [1.29, 1.82) is 5.26 Å². The van der Waals surface area contributed by atoms with Crippen LogP contribution >= 0.6 is 0 Å². The van der Waals surface area contributed by atoms with Crippen LogP contribution in [-0.2, 0) is 6.54 Å². The average Bonchev–Trinajstić information content (AvgIpc) is 3.02. The second-order valence-electron chi connectivity index (χ2n) is 7.10. The van der Waals surface area contributed by atoms with Gasteiger partial charge in [-0.05, 0) is 62.8 Å². The molecule has 2 aromatic rings. The maximum atomic E-state index is 9.16. The topological polar surface area (TPSA) is 52.4 Å². The lowest BCUT2D eigenvalue weighted by molar-refractivity contribution is 0.212. The number of likely N-dealkylation sites (tertiary alicyclic amines) is 1. The molecule has 0 N–H and O–H groups in total. The Morgan fingerprint density at radius 3 is 2.92 bits per heavy atom. The Bertz CT molecular complexity index is 771. The maximum absolute atomic E-state index is 9.16. The van der Waals surface area contributed by atoms with Gasteiger partial charge in [0.1, 0.15) is 5.75 Å². The summed E-state index contributed by atoms with van der Waals surface area (Å²) < 4.78 is 5.47. The Morgan fingerprint density at radius 1 is 1.38 bits per heavy atom. The fraction of sp³-hybridized carbons (Fsp3) is 0.429. The van der Waals surface area contributed by atoms with E-state index in [0.29, 0.717) is 17.5 Å². The van der Waals surface area contributed by atoms with Gasteiger partial charge >= 0.3 is 0 Å². The van der Waals surface area contributed by atoms with E-state index in [9.17, 15) is 0 Å². The van der Waals surface area contributed by atoms with E-state index in [2.05, 4.69) is 41.0 Å². The predicted molar refractivity (Wildman–Crippen MR) is 102 cm³/mol. The highest BCUT2D eigenvalue weighted by atomic mass is 16.5. The third-order valence-corrected chi connectivity index (χ3v) is 5.20. The number of nitriles is 1. The first kappa shape index (κ1) is 18.4. The molecule has 1 saturated heterocycles. The van der Waals surface area contributed by atoms with Crippen LogP contribution in [0, 0.1) is 17.2 Å². The van der Waals surface area contributed by atoms with Gasteiger partial charge in [0, 0.05) is 37.1 Å². The van der Waals surface area contributed by atoms with Gasteiger partial charge in [0.2, 0.25) is 0 Å². The highest BCUT2D eigenvalue weighted by Gasteiger charge is 2.33. The van der Waals surface area contributed by atoms with Crippen molar-refractivity contribution in [3.8, 4) is 11.8 Å². The molecular formula is C21H26N4O. The predicted octanol–water partition coefficient (Wildman–Crippen LogP) is 3.09. The molecule has 2 heterocycles. The monoisotopic (exact) mass is 350 g/mol. The third kappa shape index (κ3) is 4.04. The molecule has 0 spiro atoms. The van der Waals surface area contributed by atoms with Gasteiger partial charge in [0.15, 0.2) is 0 Å². The number of benzene rings is 1. The van der Waals surface area contributed by atoms with Crippen molar-refractivity contribution < 1.29 is 4.74 Å². The lowest BCUT2D eigenvalue weighted by Crippen LogP contribution is -2.30. The van der Waals surface area contributed by atoms with Crippen molar-refractivity contribution in [1.82, 2.24) is 14.8 Å². The summed E-state index contributed by atoms with van der Waals surface area (Å²) >= 11 is 0. The maximum Gasteiger partial charge on any atom is 0.123 e. The van der Waals surface area contributed by atoms with Gasteiger partial charge in [0.25, 0.3) is 0 Å². The zero-order valence-electron chi connectivity index (χ0n) is 15.7. The van der Waals surface area contributed by atoms with Crippen LogP contribution in [0.1, 0.15) is 29.2 Å². The smallest absolute Gasteiger partial charge is 0.123 e. The Kier molecular flexibility index (Phi) is 5.87. The summed E-state index contributed by atoms with van der Waals surface area (Å²) in [7, 11) is 6.00. The highest BCUT2D eigenvalue weighted by molar-refractivity contribution is 5.42. The van der Waals surface area contributed by atoms with Crippen LogP contribution in [0.25, 0.3) is 0 Å². The van der Waals surface area contributed by atoms with Crippen LogP contribution in [0.5, 0.6) is 5.75 Å². The molecule has 26 heavy (non-hydrogen) atoms. The molecule has 1 aliphatic rings. The van der Waals surface area contributed by atoms with E-state index >= 15 is 0 Å². The fourth-order valence-corrected chi connectivity index (χ4v) is 4.02. The number of rotatable bonds is 6. The Hall–Kier alpha value is -2.42. The van der Waals surface area contributed by atoms with Gasteiger partial charge < -0.3 is 9.64 Å². The first-order chi connectivity index (χ1) is 12.6. The fourth-order valence-electron chi connectivity index (χ4n) is 4.02. The van der Waals surface area contributed by atoms with Gasteiger partial charge in [-0.15, -0.1) is 0 Å². The van der Waals surface area contributed by atoms with Gasteiger partial charge in [0.05, 0.1) is 18.7 Å². The number of nitrogens with zero attached hydrogens (tertiary/aromatic N) is 4. The number of hydrogen-bond acceptors (Lipinski definition) is 5. The molecule has 1 aromatic heterocycles. The summed E-state index contributed by atoms with van der Waals surface area (Å²) in [6.45, 7) is 2.85. The highest BCUT2D eigenvalue weighted by Crippen LogP contribution is 2.36. The Morgan fingerprint density at radius 2 is 2.23 bits per heavy atom. The lowest BCUT2D eigenvalue weighted by Gasteiger charge is -2.29. The van der Waals surface area contributed by atoms with E-state index in [1.807, 2.05) is 30.6 Å². The van der Waals surface area contributed by atoms with E-state index in [4.69, 9.17) is 10.00 Å². The summed E-state index contributed by atoms with van der Waals surface area (Å²) in [6, 6.07) is 12.4. The van der Waals surface area contributed by atoms with Crippen molar-refractivity contribution in [2.45, 2.75) is 19.0 Å².